The number of esters is 1. The molecular weight excluding hydrogens is 366 g/mol. The highest BCUT2D eigenvalue weighted by molar-refractivity contribution is 7.10. The van der Waals surface area contributed by atoms with Crippen LogP contribution in [-0.2, 0) is 9.53 Å². The summed E-state index contributed by atoms with van der Waals surface area (Å²) in [4.78, 5) is 25.4. The van der Waals surface area contributed by atoms with Crippen LogP contribution < -0.4 is 10.1 Å². The molecule has 1 amide bonds. The highest BCUT2D eigenvalue weighted by Crippen LogP contribution is 2.29. The predicted octanol–water partition coefficient (Wildman–Crippen LogP) is 4.24. The van der Waals surface area contributed by atoms with Crippen LogP contribution >= 0.6 is 11.3 Å². The fourth-order valence-electron chi connectivity index (χ4n) is 2.74. The van der Waals surface area contributed by atoms with Gasteiger partial charge in [-0.3, -0.25) is 4.79 Å². The van der Waals surface area contributed by atoms with E-state index in [0.29, 0.717) is 23.5 Å². The van der Waals surface area contributed by atoms with Crippen LogP contribution in [0.1, 0.15) is 40.9 Å². The minimum atomic E-state index is -0.666. The zero-order valence-electron chi connectivity index (χ0n) is 15.4. The number of nitrogens with one attached hydrogen (secondary N) is 1. The zero-order chi connectivity index (χ0) is 19.4. The molecule has 0 fully saturated rings. The average molecular weight is 387 g/mol. The molecule has 0 aliphatic heterocycles. The van der Waals surface area contributed by atoms with Gasteiger partial charge in [-0.15, -0.1) is 11.3 Å². The van der Waals surface area contributed by atoms with Crippen molar-refractivity contribution >= 4 is 34.2 Å². The van der Waals surface area contributed by atoms with Crippen molar-refractivity contribution in [2.75, 3.05) is 13.2 Å². The third-order valence-electron chi connectivity index (χ3n) is 4.09. The van der Waals surface area contributed by atoms with Gasteiger partial charge in [0.1, 0.15) is 11.3 Å². The Morgan fingerprint density at radius 2 is 2.11 bits per heavy atom. The Balaban J connectivity index is 1.63. The number of hydrogen-bond acceptors (Lipinski definition) is 6. The smallest absolute Gasteiger partial charge is 0.375 e. The summed E-state index contributed by atoms with van der Waals surface area (Å²) < 4.78 is 16.2. The van der Waals surface area contributed by atoms with Gasteiger partial charge >= 0.3 is 5.97 Å². The average Bonchev–Trinajstić information content (AvgIpc) is 3.29. The maximum atomic E-state index is 12.3. The Hall–Kier alpha value is -2.80. The number of thiophene rings is 1. The van der Waals surface area contributed by atoms with Crippen LogP contribution in [0.4, 0.5) is 0 Å². The molecule has 2 heterocycles. The maximum Gasteiger partial charge on any atom is 0.375 e. The van der Waals surface area contributed by atoms with Crippen molar-refractivity contribution in [3.63, 3.8) is 0 Å². The largest absolute Gasteiger partial charge is 0.494 e. The number of amides is 1. The molecule has 1 N–H and O–H groups in total. The normalized spacial score (nSPS) is 12.0. The van der Waals surface area contributed by atoms with E-state index in [4.69, 9.17) is 13.9 Å². The Morgan fingerprint density at radius 1 is 1.30 bits per heavy atom. The molecule has 142 valence electrons. The van der Waals surface area contributed by atoms with Crippen molar-refractivity contribution < 1.29 is 23.5 Å². The van der Waals surface area contributed by atoms with Gasteiger partial charge in [0, 0.05) is 15.8 Å². The topological polar surface area (TPSA) is 77.8 Å². The van der Waals surface area contributed by atoms with E-state index in [1.807, 2.05) is 37.4 Å². The molecule has 0 aliphatic carbocycles. The second-order valence-electron chi connectivity index (χ2n) is 6.03. The van der Waals surface area contributed by atoms with Gasteiger partial charge in [0.2, 0.25) is 5.76 Å². The van der Waals surface area contributed by atoms with Crippen LogP contribution in [0.15, 0.2) is 40.1 Å². The quantitative estimate of drug-likeness (QED) is 0.614. The molecule has 0 aliphatic rings. The Labute approximate surface area is 161 Å². The summed E-state index contributed by atoms with van der Waals surface area (Å²) in [6.07, 6.45) is 0. The van der Waals surface area contributed by atoms with Gasteiger partial charge in [-0.1, -0.05) is 6.07 Å². The lowest BCUT2D eigenvalue weighted by Gasteiger charge is -2.12. The van der Waals surface area contributed by atoms with Crippen LogP contribution in [0.3, 0.4) is 0 Å². The van der Waals surface area contributed by atoms with Crippen LogP contribution in [-0.4, -0.2) is 25.1 Å². The summed E-state index contributed by atoms with van der Waals surface area (Å²) in [5.74, 6) is -0.231. The van der Waals surface area contributed by atoms with E-state index in [-0.39, 0.29) is 24.3 Å². The van der Waals surface area contributed by atoms with Crippen molar-refractivity contribution in [1.82, 2.24) is 5.32 Å². The molecule has 0 saturated heterocycles. The second-order valence-corrected chi connectivity index (χ2v) is 7.01. The number of carbonyl (C=O) groups excluding carboxylic acids is 2. The Morgan fingerprint density at radius 3 is 2.81 bits per heavy atom. The summed E-state index contributed by atoms with van der Waals surface area (Å²) >= 11 is 1.56. The minimum Gasteiger partial charge on any atom is -0.494 e. The van der Waals surface area contributed by atoms with E-state index in [9.17, 15) is 9.59 Å². The molecule has 0 spiro atoms. The van der Waals surface area contributed by atoms with Gasteiger partial charge < -0.3 is 19.2 Å². The number of furan rings is 1. The van der Waals surface area contributed by atoms with Gasteiger partial charge in [0.15, 0.2) is 6.61 Å². The van der Waals surface area contributed by atoms with Crippen molar-refractivity contribution in [2.45, 2.75) is 26.8 Å². The molecular formula is C20H21NO5S. The van der Waals surface area contributed by atoms with Gasteiger partial charge in [-0.25, -0.2) is 4.79 Å². The lowest BCUT2D eigenvalue weighted by atomic mass is 10.1. The van der Waals surface area contributed by atoms with Crippen LogP contribution in [0.2, 0.25) is 0 Å². The fraction of sp³-hybridized carbons (Fsp3) is 0.300. The van der Waals surface area contributed by atoms with Gasteiger partial charge in [0.25, 0.3) is 5.91 Å². The summed E-state index contributed by atoms with van der Waals surface area (Å²) in [5, 5.41) is 5.52. The highest BCUT2D eigenvalue weighted by Gasteiger charge is 2.21. The molecule has 0 radical (unpaired) electrons. The zero-order valence-corrected chi connectivity index (χ0v) is 16.2. The molecule has 0 saturated carbocycles. The molecule has 27 heavy (non-hydrogen) atoms. The lowest BCUT2D eigenvalue weighted by molar-refractivity contribution is -0.124. The van der Waals surface area contributed by atoms with Crippen LogP contribution in [0.25, 0.3) is 11.0 Å². The molecule has 3 rings (SSSR count). The van der Waals surface area contributed by atoms with Gasteiger partial charge in [-0.05, 0) is 50.4 Å². The third-order valence-corrected chi connectivity index (χ3v) is 5.14. The molecule has 1 atom stereocenters. The number of ether oxygens (including phenoxy) is 2. The lowest BCUT2D eigenvalue weighted by Crippen LogP contribution is -2.30. The number of aryl methyl sites for hydroxylation is 1. The number of carbonyl (C=O) groups is 2. The predicted molar refractivity (Wildman–Crippen MR) is 103 cm³/mol. The summed E-state index contributed by atoms with van der Waals surface area (Å²) in [6.45, 7) is 5.74. The number of rotatable bonds is 7. The molecule has 1 aromatic carbocycles. The SMILES string of the molecule is CCOc1ccc2oc(C(=O)OCC(=O)N[C@@H](C)c3cccs3)c(C)c2c1. The first-order chi connectivity index (χ1) is 13.0. The van der Waals surface area contributed by atoms with Crippen molar-refractivity contribution in [2.24, 2.45) is 0 Å². The second kappa shape index (κ2) is 8.26. The fourth-order valence-corrected chi connectivity index (χ4v) is 3.47. The molecule has 6 nitrogen and oxygen atoms in total. The van der Waals surface area contributed by atoms with Crippen molar-refractivity contribution in [3.05, 3.63) is 51.9 Å². The van der Waals surface area contributed by atoms with E-state index in [1.165, 1.54) is 0 Å². The van der Waals surface area contributed by atoms with Crippen molar-refractivity contribution in [3.8, 4) is 5.75 Å². The van der Waals surface area contributed by atoms with E-state index in [1.54, 1.807) is 30.4 Å². The van der Waals surface area contributed by atoms with E-state index in [0.717, 1.165) is 10.3 Å². The third kappa shape index (κ3) is 4.31. The highest BCUT2D eigenvalue weighted by atomic mass is 32.1. The molecule has 2 aromatic heterocycles. The summed E-state index contributed by atoms with van der Waals surface area (Å²) in [6, 6.07) is 9.08. The first-order valence-corrected chi connectivity index (χ1v) is 9.53. The first-order valence-electron chi connectivity index (χ1n) is 8.65. The maximum absolute atomic E-state index is 12.3. The van der Waals surface area contributed by atoms with E-state index in [2.05, 4.69) is 5.32 Å². The minimum absolute atomic E-state index is 0.0951. The van der Waals surface area contributed by atoms with E-state index < -0.39 is 5.97 Å². The monoisotopic (exact) mass is 387 g/mol. The van der Waals surface area contributed by atoms with Crippen LogP contribution in [0.5, 0.6) is 5.75 Å². The molecule has 3 aromatic rings. The standard InChI is InChI=1S/C20H21NO5S/c1-4-24-14-7-8-16-15(10-14)12(2)19(26-16)20(23)25-11-18(22)21-13(3)17-6-5-9-27-17/h5-10,13H,4,11H2,1-3H3,(H,21,22)/t13-/m0/s1. The summed E-state index contributed by atoms with van der Waals surface area (Å²) in [5.41, 5.74) is 1.22. The summed E-state index contributed by atoms with van der Waals surface area (Å²) in [7, 11) is 0. The van der Waals surface area contributed by atoms with Gasteiger partial charge in [0.05, 0.1) is 12.6 Å². The number of fused-ring (bicyclic) bond motifs is 1. The van der Waals surface area contributed by atoms with E-state index >= 15 is 0 Å². The Bertz CT molecular complexity index is 945. The molecule has 0 unspecified atom stereocenters. The number of benzene rings is 1. The van der Waals surface area contributed by atoms with Crippen LogP contribution in [0, 0.1) is 6.92 Å². The Kier molecular flexibility index (Phi) is 5.81. The molecule has 0 bridgehead atoms. The number of hydrogen-bond donors (Lipinski definition) is 1. The molecule has 7 heteroatoms. The van der Waals surface area contributed by atoms with Gasteiger partial charge in [-0.2, -0.15) is 0 Å². The first kappa shape index (κ1) is 19.0. The van der Waals surface area contributed by atoms with Crippen molar-refractivity contribution in [1.29, 1.82) is 0 Å².